The molecule has 13 heteroatoms. The summed E-state index contributed by atoms with van der Waals surface area (Å²) in [6.45, 7) is 5.00. The topological polar surface area (TPSA) is 166 Å². The van der Waals surface area contributed by atoms with Crippen molar-refractivity contribution in [3.8, 4) is 11.1 Å². The van der Waals surface area contributed by atoms with Gasteiger partial charge in [0, 0.05) is 16.6 Å². The standard InChI is InChI=1S/C28H29N3O8S2/c1-16(2)25(28(33)34)31(40(35)36)21-14-10-19(11-15-21)18-8-12-20(13-9-18)29-27(32)26-17(3)24-22(30-41(4,37)38)6-5-7-23(24)39-26/h5-16,25,30H,1-4H3,(H,29,32)(H,33,34)(H,35,36). The predicted octanol–water partition coefficient (Wildman–Crippen LogP) is 5.08. The fraction of sp³-hybridized carbons (Fsp3) is 0.214. The highest BCUT2D eigenvalue weighted by Crippen LogP contribution is 2.33. The third-order valence-corrected chi connectivity index (χ3v) is 7.72. The van der Waals surface area contributed by atoms with Crippen molar-refractivity contribution in [3.63, 3.8) is 0 Å². The Morgan fingerprint density at radius 2 is 1.56 bits per heavy atom. The van der Waals surface area contributed by atoms with Crippen molar-refractivity contribution in [2.24, 2.45) is 5.92 Å². The summed E-state index contributed by atoms with van der Waals surface area (Å²) in [5, 5.41) is 12.9. The second-order valence-electron chi connectivity index (χ2n) is 9.77. The molecule has 0 radical (unpaired) electrons. The highest BCUT2D eigenvalue weighted by Gasteiger charge is 2.32. The molecule has 1 amide bonds. The molecule has 1 heterocycles. The van der Waals surface area contributed by atoms with Crippen LogP contribution in [0.2, 0.25) is 0 Å². The van der Waals surface area contributed by atoms with E-state index in [4.69, 9.17) is 4.42 Å². The summed E-state index contributed by atoms with van der Waals surface area (Å²) in [7, 11) is -3.54. The van der Waals surface area contributed by atoms with Crippen LogP contribution in [-0.4, -0.2) is 46.5 Å². The average Bonchev–Trinajstić information content (AvgIpc) is 3.23. The summed E-state index contributed by atoms with van der Waals surface area (Å²) in [5.41, 5.74) is 3.51. The van der Waals surface area contributed by atoms with E-state index in [0.717, 1.165) is 21.7 Å². The summed E-state index contributed by atoms with van der Waals surface area (Å²) in [6.07, 6.45) is 1.04. The zero-order chi connectivity index (χ0) is 30.1. The van der Waals surface area contributed by atoms with Gasteiger partial charge >= 0.3 is 5.97 Å². The maximum absolute atomic E-state index is 13.0. The molecule has 0 fully saturated rings. The lowest BCUT2D eigenvalue weighted by Crippen LogP contribution is -2.45. The van der Waals surface area contributed by atoms with Crippen LogP contribution >= 0.6 is 0 Å². The van der Waals surface area contributed by atoms with E-state index in [9.17, 15) is 31.9 Å². The number of hydrogen-bond acceptors (Lipinski definition) is 6. The van der Waals surface area contributed by atoms with Gasteiger partial charge in [-0.05, 0) is 60.4 Å². The van der Waals surface area contributed by atoms with Gasteiger partial charge in [0.1, 0.15) is 11.6 Å². The number of carbonyl (C=O) groups is 2. The van der Waals surface area contributed by atoms with Gasteiger partial charge in [0.2, 0.25) is 10.0 Å². The molecule has 4 N–H and O–H groups in total. The first-order valence-electron chi connectivity index (χ1n) is 12.4. The highest BCUT2D eigenvalue weighted by molar-refractivity contribution is 7.92. The number of amides is 1. The van der Waals surface area contributed by atoms with Gasteiger partial charge in [-0.2, -0.15) is 0 Å². The van der Waals surface area contributed by atoms with Gasteiger partial charge in [-0.15, -0.1) is 0 Å². The number of nitrogens with zero attached hydrogens (tertiary/aromatic N) is 1. The smallest absolute Gasteiger partial charge is 0.327 e. The molecule has 1 aromatic heterocycles. The number of fused-ring (bicyclic) bond motifs is 1. The second-order valence-corrected chi connectivity index (χ2v) is 12.4. The lowest BCUT2D eigenvalue weighted by Gasteiger charge is -2.29. The van der Waals surface area contributed by atoms with E-state index < -0.39 is 45.1 Å². The average molecular weight is 600 g/mol. The number of nitrogens with one attached hydrogen (secondary N) is 2. The SMILES string of the molecule is Cc1c(C(=O)Nc2ccc(-c3ccc(N(C(C(=O)O)C(C)C)S(=O)O)cc3)cc2)oc2cccc(NS(C)(=O)=O)c12. The third kappa shape index (κ3) is 6.59. The molecule has 4 aromatic rings. The van der Waals surface area contributed by atoms with Crippen molar-refractivity contribution >= 4 is 61.2 Å². The van der Waals surface area contributed by atoms with E-state index in [2.05, 4.69) is 10.0 Å². The molecule has 0 saturated heterocycles. The van der Waals surface area contributed by atoms with Crippen molar-refractivity contribution < 1.29 is 36.3 Å². The van der Waals surface area contributed by atoms with Gasteiger partial charge in [-0.3, -0.25) is 18.4 Å². The van der Waals surface area contributed by atoms with Gasteiger partial charge < -0.3 is 14.8 Å². The van der Waals surface area contributed by atoms with Crippen LogP contribution in [0.25, 0.3) is 22.1 Å². The van der Waals surface area contributed by atoms with Crippen molar-refractivity contribution in [2.45, 2.75) is 26.8 Å². The van der Waals surface area contributed by atoms with Crippen LogP contribution in [-0.2, 0) is 26.1 Å². The fourth-order valence-electron chi connectivity index (χ4n) is 4.54. The molecule has 4 rings (SSSR count). The second kappa shape index (κ2) is 11.7. The van der Waals surface area contributed by atoms with Gasteiger partial charge in [-0.25, -0.2) is 17.4 Å². The van der Waals surface area contributed by atoms with E-state index in [-0.39, 0.29) is 11.4 Å². The first-order valence-corrected chi connectivity index (χ1v) is 15.4. The Morgan fingerprint density at radius 1 is 0.976 bits per heavy atom. The molecule has 0 bridgehead atoms. The number of aryl methyl sites for hydroxylation is 1. The normalized spacial score (nSPS) is 13.1. The quantitative estimate of drug-likeness (QED) is 0.183. The first-order chi connectivity index (χ1) is 19.3. The molecule has 0 spiro atoms. The van der Waals surface area contributed by atoms with Crippen molar-refractivity contribution in [3.05, 3.63) is 78.1 Å². The van der Waals surface area contributed by atoms with E-state index in [1.165, 1.54) is 0 Å². The van der Waals surface area contributed by atoms with E-state index in [1.54, 1.807) is 87.5 Å². The van der Waals surface area contributed by atoms with Crippen LogP contribution in [0.5, 0.6) is 0 Å². The Balaban J connectivity index is 1.53. The van der Waals surface area contributed by atoms with Gasteiger partial charge in [0.05, 0.1) is 17.6 Å². The number of furan rings is 1. The largest absolute Gasteiger partial charge is 0.480 e. The Bertz CT molecular complexity index is 1730. The number of rotatable bonds is 10. The maximum Gasteiger partial charge on any atom is 0.327 e. The minimum Gasteiger partial charge on any atom is -0.480 e. The number of aliphatic carboxylic acids is 1. The Hall–Kier alpha value is -4.20. The Kier molecular flexibility index (Phi) is 8.52. The summed E-state index contributed by atoms with van der Waals surface area (Å²) in [5.74, 6) is -2.07. The molecule has 0 aliphatic rings. The number of sulfonamides is 1. The molecular weight excluding hydrogens is 570 g/mol. The molecule has 41 heavy (non-hydrogen) atoms. The third-order valence-electron chi connectivity index (χ3n) is 6.36. The number of carboxylic acids is 1. The van der Waals surface area contributed by atoms with E-state index >= 15 is 0 Å². The van der Waals surface area contributed by atoms with Crippen LogP contribution in [0.3, 0.4) is 0 Å². The molecule has 0 aliphatic heterocycles. The summed E-state index contributed by atoms with van der Waals surface area (Å²) in [6, 6.07) is 17.2. The molecular formula is C28H29N3O8S2. The molecule has 11 nitrogen and oxygen atoms in total. The zero-order valence-corrected chi connectivity index (χ0v) is 24.2. The monoisotopic (exact) mass is 599 g/mol. The minimum absolute atomic E-state index is 0.0503. The van der Waals surface area contributed by atoms with Crippen LogP contribution < -0.4 is 14.3 Å². The fourth-order valence-corrected chi connectivity index (χ4v) is 5.94. The number of carbonyl (C=O) groups excluding carboxylic acids is 1. The number of hydrogen-bond donors (Lipinski definition) is 4. The van der Waals surface area contributed by atoms with E-state index in [1.807, 2.05) is 0 Å². The molecule has 2 unspecified atom stereocenters. The minimum atomic E-state index is -3.54. The predicted molar refractivity (Wildman–Crippen MR) is 159 cm³/mol. The highest BCUT2D eigenvalue weighted by atomic mass is 32.2. The number of carboxylic acid groups (broad SMARTS) is 1. The van der Waals surface area contributed by atoms with Crippen LogP contribution in [0.4, 0.5) is 17.1 Å². The molecule has 216 valence electrons. The molecule has 2 atom stereocenters. The summed E-state index contributed by atoms with van der Waals surface area (Å²) in [4.78, 5) is 24.8. The molecule has 3 aromatic carbocycles. The lowest BCUT2D eigenvalue weighted by molar-refractivity contribution is -0.139. The Labute approximate surface area is 239 Å². The van der Waals surface area contributed by atoms with Crippen molar-refractivity contribution in [2.75, 3.05) is 20.6 Å². The Morgan fingerprint density at radius 3 is 2.07 bits per heavy atom. The van der Waals surface area contributed by atoms with Gasteiger partial charge in [0.15, 0.2) is 5.76 Å². The number of benzene rings is 3. The zero-order valence-electron chi connectivity index (χ0n) is 22.6. The van der Waals surface area contributed by atoms with Gasteiger partial charge in [0.25, 0.3) is 17.2 Å². The lowest BCUT2D eigenvalue weighted by atomic mass is 10.0. The van der Waals surface area contributed by atoms with Crippen molar-refractivity contribution in [1.29, 1.82) is 0 Å². The van der Waals surface area contributed by atoms with E-state index in [0.29, 0.717) is 27.9 Å². The van der Waals surface area contributed by atoms with Gasteiger partial charge in [-0.1, -0.05) is 44.2 Å². The summed E-state index contributed by atoms with van der Waals surface area (Å²) >= 11 is -2.54. The van der Waals surface area contributed by atoms with Crippen molar-refractivity contribution in [1.82, 2.24) is 0 Å². The summed E-state index contributed by atoms with van der Waals surface area (Å²) < 4.78 is 54.4. The molecule has 0 saturated carbocycles. The van der Waals surface area contributed by atoms with Crippen LogP contribution in [0.15, 0.2) is 71.1 Å². The first kappa shape index (κ1) is 29.8. The molecule has 0 aliphatic carbocycles. The van der Waals surface area contributed by atoms with Crippen LogP contribution in [0, 0.1) is 12.8 Å². The maximum atomic E-state index is 13.0. The van der Waals surface area contributed by atoms with Crippen LogP contribution in [0.1, 0.15) is 30.0 Å². The number of anilines is 3.